The highest BCUT2D eigenvalue weighted by atomic mass is 32.2. The average molecular weight is 369 g/mol. The minimum atomic E-state index is -2.06. The Morgan fingerprint density at radius 2 is 2.00 bits per heavy atom. The van der Waals surface area contributed by atoms with Gasteiger partial charge in [-0.3, -0.25) is 0 Å². The lowest BCUT2D eigenvalue weighted by Crippen LogP contribution is -2.07. The van der Waals surface area contributed by atoms with Crippen LogP contribution in [0.2, 0.25) is 0 Å². The van der Waals surface area contributed by atoms with Crippen LogP contribution >= 0.6 is 0 Å². The first-order valence-corrected chi connectivity index (χ1v) is 9.47. The van der Waals surface area contributed by atoms with Gasteiger partial charge in [-0.1, -0.05) is 42.4 Å². The molecule has 7 nitrogen and oxygen atoms in total. The molecule has 0 radical (unpaired) electrons. The fraction of sp³-hybridized carbons (Fsp3) is 0.278. The first kappa shape index (κ1) is 18.1. The van der Waals surface area contributed by atoms with Crippen LogP contribution in [-0.2, 0) is 23.9 Å². The van der Waals surface area contributed by atoms with Crippen LogP contribution in [0.4, 0.5) is 0 Å². The minimum Gasteiger partial charge on any atom is -0.342 e. The van der Waals surface area contributed by atoms with E-state index < -0.39 is 16.3 Å². The van der Waals surface area contributed by atoms with Crippen LogP contribution in [0.3, 0.4) is 0 Å². The molecule has 0 amide bonds. The van der Waals surface area contributed by atoms with Gasteiger partial charge in [0.2, 0.25) is 0 Å². The molecular formula is C18H19N5O2S. The molecule has 3 aromatic rings. The van der Waals surface area contributed by atoms with Crippen LogP contribution in [0.5, 0.6) is 0 Å². The molecule has 3 rings (SSSR count). The zero-order chi connectivity index (χ0) is 18.5. The summed E-state index contributed by atoms with van der Waals surface area (Å²) in [6.45, 7) is 2.41. The van der Waals surface area contributed by atoms with Gasteiger partial charge in [0.25, 0.3) is 0 Å². The Bertz CT molecular complexity index is 977. The predicted octanol–water partition coefficient (Wildman–Crippen LogP) is 4.29. The number of aryl methyl sites for hydroxylation is 1. The van der Waals surface area contributed by atoms with Crippen molar-refractivity contribution in [1.29, 1.82) is 0 Å². The third kappa shape index (κ3) is 3.94. The third-order valence-electron chi connectivity index (χ3n) is 4.24. The number of azide groups is 1. The molecule has 1 aromatic heterocycles. The van der Waals surface area contributed by atoms with Gasteiger partial charge in [0.1, 0.15) is 11.1 Å². The summed E-state index contributed by atoms with van der Waals surface area (Å²) in [5.41, 5.74) is 12.6. The summed E-state index contributed by atoms with van der Waals surface area (Å²) in [6.07, 6.45) is 1.44. The van der Waals surface area contributed by atoms with Crippen LogP contribution < -0.4 is 0 Å². The number of hydrogen-bond donors (Lipinski definition) is 2. The second kappa shape index (κ2) is 8.14. The van der Waals surface area contributed by atoms with Crippen LogP contribution in [0.25, 0.3) is 21.5 Å². The Morgan fingerprint density at radius 3 is 2.65 bits per heavy atom. The molecule has 2 aromatic carbocycles. The largest absolute Gasteiger partial charge is 0.342 e. The normalized spacial score (nSPS) is 13.3. The number of nitrogens with zero attached hydrogens (tertiary/aromatic N) is 4. The average Bonchev–Trinajstić information content (AvgIpc) is 3.06. The van der Waals surface area contributed by atoms with Gasteiger partial charge in [-0.2, -0.15) is 0 Å². The van der Waals surface area contributed by atoms with Gasteiger partial charge in [0, 0.05) is 17.9 Å². The summed E-state index contributed by atoms with van der Waals surface area (Å²) in [6, 6.07) is 13.1. The maximum absolute atomic E-state index is 12.0. The number of rotatable bonds is 7. The molecule has 0 aliphatic carbocycles. The molecule has 0 spiro atoms. The molecule has 134 valence electrons. The summed E-state index contributed by atoms with van der Waals surface area (Å²) < 4.78 is 21.9. The zero-order valence-corrected chi connectivity index (χ0v) is 15.1. The molecule has 8 heteroatoms. The number of H-pyrrole nitrogens is 1. The lowest BCUT2D eigenvalue weighted by molar-refractivity contribution is 0.557. The number of aromatic nitrogens is 2. The van der Waals surface area contributed by atoms with Gasteiger partial charge >= 0.3 is 0 Å². The van der Waals surface area contributed by atoms with Gasteiger partial charge in [-0.15, -0.1) is 0 Å². The van der Waals surface area contributed by atoms with Crippen LogP contribution in [-0.4, -0.2) is 25.3 Å². The standard InChI is InChI=1S/C18H19N5O2S/c1-2-17-21-15-8-7-14(11-16(15)22-17)18(26(24)25)13-5-3-12(4-6-13)9-10-20-23-19/h3-8,11,18H,2,9-10H2,1H3,(H,21,22)(H,24,25). The molecule has 1 heterocycles. The van der Waals surface area contributed by atoms with Gasteiger partial charge in [-0.25, -0.2) is 9.19 Å². The highest BCUT2D eigenvalue weighted by Gasteiger charge is 2.21. The van der Waals surface area contributed by atoms with Crippen molar-refractivity contribution >= 4 is 22.1 Å². The summed E-state index contributed by atoms with van der Waals surface area (Å²) >= 11 is -2.06. The molecule has 0 saturated heterocycles. The lowest BCUT2D eigenvalue weighted by Gasteiger charge is -2.14. The number of fused-ring (bicyclic) bond motifs is 1. The quantitative estimate of drug-likeness (QED) is 0.280. The summed E-state index contributed by atoms with van der Waals surface area (Å²) in [5.74, 6) is 0.892. The Hall–Kier alpha value is -2.67. The zero-order valence-electron chi connectivity index (χ0n) is 14.3. The second-order valence-electron chi connectivity index (χ2n) is 5.92. The van der Waals surface area contributed by atoms with Crippen molar-refractivity contribution in [3.8, 4) is 0 Å². The SMILES string of the molecule is CCc1nc2ccc(C(c3ccc(CCN=[N+]=[N-])cc3)S(=O)O)cc2[nH]1. The fourth-order valence-electron chi connectivity index (χ4n) is 2.92. The van der Waals surface area contributed by atoms with E-state index in [0.29, 0.717) is 13.0 Å². The number of hydrogen-bond acceptors (Lipinski definition) is 3. The Balaban J connectivity index is 1.91. The van der Waals surface area contributed by atoms with Crippen LogP contribution in [0, 0.1) is 0 Å². The molecule has 0 aliphatic heterocycles. The highest BCUT2D eigenvalue weighted by Crippen LogP contribution is 2.29. The number of nitrogens with one attached hydrogen (secondary N) is 1. The second-order valence-corrected chi connectivity index (χ2v) is 6.94. The van der Waals surface area contributed by atoms with Crippen LogP contribution in [0.15, 0.2) is 47.6 Å². The Kier molecular flexibility index (Phi) is 5.68. The molecule has 2 N–H and O–H groups in total. The van der Waals surface area contributed by atoms with E-state index >= 15 is 0 Å². The van der Waals surface area contributed by atoms with E-state index in [1.165, 1.54) is 0 Å². The molecular weight excluding hydrogens is 350 g/mol. The van der Waals surface area contributed by atoms with Crippen LogP contribution in [0.1, 0.15) is 34.7 Å². The highest BCUT2D eigenvalue weighted by molar-refractivity contribution is 7.79. The van der Waals surface area contributed by atoms with Crippen molar-refractivity contribution < 1.29 is 8.76 Å². The van der Waals surface area contributed by atoms with Crippen molar-refractivity contribution in [2.45, 2.75) is 25.0 Å². The van der Waals surface area contributed by atoms with Crippen molar-refractivity contribution in [1.82, 2.24) is 9.97 Å². The Morgan fingerprint density at radius 1 is 1.27 bits per heavy atom. The van der Waals surface area contributed by atoms with Crippen molar-refractivity contribution in [3.05, 3.63) is 75.4 Å². The summed E-state index contributed by atoms with van der Waals surface area (Å²) in [7, 11) is 0. The Labute approximate surface area is 153 Å². The number of aromatic amines is 1. The van der Waals surface area contributed by atoms with E-state index in [-0.39, 0.29) is 0 Å². The molecule has 0 saturated carbocycles. The summed E-state index contributed by atoms with van der Waals surface area (Å²) in [4.78, 5) is 10.4. The van der Waals surface area contributed by atoms with E-state index in [9.17, 15) is 8.76 Å². The van der Waals surface area contributed by atoms with Gasteiger partial charge in [-0.05, 0) is 40.8 Å². The first-order valence-electron chi connectivity index (χ1n) is 8.30. The number of imidazole rings is 1. The first-order chi connectivity index (χ1) is 12.6. The molecule has 0 aliphatic rings. The smallest absolute Gasteiger partial charge is 0.165 e. The molecule has 0 bridgehead atoms. The van der Waals surface area contributed by atoms with E-state index in [0.717, 1.165) is 40.0 Å². The molecule has 26 heavy (non-hydrogen) atoms. The molecule has 2 unspecified atom stereocenters. The van der Waals surface area contributed by atoms with Gasteiger partial charge in [0.05, 0.1) is 11.0 Å². The van der Waals surface area contributed by atoms with E-state index in [1.54, 1.807) is 0 Å². The van der Waals surface area contributed by atoms with Crippen molar-refractivity contribution in [2.24, 2.45) is 5.11 Å². The monoisotopic (exact) mass is 369 g/mol. The van der Waals surface area contributed by atoms with Gasteiger partial charge in [0.15, 0.2) is 11.1 Å². The van der Waals surface area contributed by atoms with E-state index in [4.69, 9.17) is 5.53 Å². The summed E-state index contributed by atoms with van der Waals surface area (Å²) in [5, 5.41) is 2.88. The lowest BCUT2D eigenvalue weighted by atomic mass is 10.0. The van der Waals surface area contributed by atoms with E-state index in [2.05, 4.69) is 20.0 Å². The molecule has 0 fully saturated rings. The maximum atomic E-state index is 12.0. The fourth-order valence-corrected chi connectivity index (χ4v) is 3.69. The van der Waals surface area contributed by atoms with Crippen molar-refractivity contribution in [3.63, 3.8) is 0 Å². The maximum Gasteiger partial charge on any atom is 0.165 e. The predicted molar refractivity (Wildman–Crippen MR) is 102 cm³/mol. The van der Waals surface area contributed by atoms with Crippen molar-refractivity contribution in [2.75, 3.05) is 6.54 Å². The topological polar surface area (TPSA) is 115 Å². The number of benzene rings is 2. The third-order valence-corrected chi connectivity index (χ3v) is 5.19. The molecule has 2 atom stereocenters. The van der Waals surface area contributed by atoms with E-state index in [1.807, 2.05) is 49.4 Å². The minimum absolute atomic E-state index is 0.390. The van der Waals surface area contributed by atoms with Gasteiger partial charge < -0.3 is 9.54 Å².